The summed E-state index contributed by atoms with van der Waals surface area (Å²) in [5.74, 6) is -0.0852. The molecule has 16 heavy (non-hydrogen) atoms. The molecule has 92 valence electrons. The Hall–Kier alpha value is -0.790. The number of allylic oxidation sites excluding steroid dienone is 1. The van der Waals surface area contributed by atoms with E-state index in [1.807, 2.05) is 0 Å². The molecule has 0 N–H and O–H groups in total. The molecule has 0 amide bonds. The van der Waals surface area contributed by atoms with Gasteiger partial charge in [0.15, 0.2) is 0 Å². The number of hydrogen-bond acceptors (Lipinski definition) is 2. The van der Waals surface area contributed by atoms with E-state index in [1.54, 1.807) is 0 Å². The Bertz CT molecular complexity index is 243. The Morgan fingerprint density at radius 3 is 2.44 bits per heavy atom. The summed E-state index contributed by atoms with van der Waals surface area (Å²) >= 11 is 0. The second-order valence-electron chi connectivity index (χ2n) is 4.54. The highest BCUT2D eigenvalue weighted by Gasteiger charge is 2.34. The first-order valence-electron chi connectivity index (χ1n) is 6.70. The van der Waals surface area contributed by atoms with E-state index in [1.165, 1.54) is 38.5 Å². The average molecular weight is 224 g/mol. The van der Waals surface area contributed by atoms with Gasteiger partial charge in [0, 0.05) is 0 Å². The van der Waals surface area contributed by atoms with E-state index in [4.69, 9.17) is 4.74 Å². The van der Waals surface area contributed by atoms with Gasteiger partial charge in [-0.1, -0.05) is 45.6 Å². The molecular formula is C14H24O2. The molecule has 1 aliphatic rings. The fourth-order valence-electron chi connectivity index (χ4n) is 1.99. The molecule has 0 radical (unpaired) electrons. The molecule has 1 heterocycles. The minimum absolute atomic E-state index is 0.0852. The minimum atomic E-state index is -0.0852. The van der Waals surface area contributed by atoms with Crippen LogP contribution < -0.4 is 0 Å². The lowest BCUT2D eigenvalue weighted by Gasteiger charge is -2.29. The lowest BCUT2D eigenvalue weighted by molar-refractivity contribution is -0.156. The highest BCUT2D eigenvalue weighted by molar-refractivity contribution is 5.95. The summed E-state index contributed by atoms with van der Waals surface area (Å²) in [5.41, 5.74) is 0.937. The molecule has 1 unspecified atom stereocenters. The van der Waals surface area contributed by atoms with E-state index < -0.39 is 0 Å². The van der Waals surface area contributed by atoms with Crippen LogP contribution in [0.3, 0.4) is 0 Å². The van der Waals surface area contributed by atoms with E-state index in [9.17, 15) is 4.79 Å². The van der Waals surface area contributed by atoms with Gasteiger partial charge in [0.1, 0.15) is 6.10 Å². The van der Waals surface area contributed by atoms with Gasteiger partial charge in [0.05, 0.1) is 5.57 Å². The van der Waals surface area contributed by atoms with Gasteiger partial charge in [-0.3, -0.25) is 0 Å². The molecule has 0 spiro atoms. The van der Waals surface area contributed by atoms with Crippen molar-refractivity contribution in [2.45, 2.75) is 71.3 Å². The first-order chi connectivity index (χ1) is 7.79. The zero-order chi connectivity index (χ0) is 11.8. The van der Waals surface area contributed by atoms with Gasteiger partial charge >= 0.3 is 5.97 Å². The van der Waals surface area contributed by atoms with E-state index in [0.29, 0.717) is 0 Å². The first-order valence-corrected chi connectivity index (χ1v) is 6.70. The van der Waals surface area contributed by atoms with Gasteiger partial charge in [-0.2, -0.15) is 0 Å². The Morgan fingerprint density at radius 2 is 1.81 bits per heavy atom. The number of unbranched alkanes of at least 4 members (excludes halogenated alkanes) is 5. The smallest absolute Gasteiger partial charge is 0.338 e. The molecule has 1 atom stereocenters. The summed E-state index contributed by atoms with van der Waals surface area (Å²) in [5, 5.41) is 0. The molecule has 0 aromatic heterocycles. The third-order valence-electron chi connectivity index (χ3n) is 3.07. The molecule has 2 nitrogen and oxygen atoms in total. The van der Waals surface area contributed by atoms with Crippen LogP contribution in [0, 0.1) is 0 Å². The van der Waals surface area contributed by atoms with Crippen molar-refractivity contribution >= 4 is 5.97 Å². The number of carbonyl (C=O) groups is 1. The Balaban J connectivity index is 2.23. The summed E-state index contributed by atoms with van der Waals surface area (Å²) in [6.07, 6.45) is 11.5. The van der Waals surface area contributed by atoms with Crippen molar-refractivity contribution in [2.24, 2.45) is 0 Å². The van der Waals surface area contributed by atoms with Crippen LogP contribution in [0.4, 0.5) is 0 Å². The standard InChI is InChI=1S/C14H24O2/c1-3-5-7-9-10-12-13(16-14(12)15)11-8-6-4-2/h10,13H,3-9,11H2,1-2H3. The van der Waals surface area contributed by atoms with Crippen molar-refractivity contribution in [1.29, 1.82) is 0 Å². The SMILES string of the molecule is CCCCCC=C1C(=O)OC1CCCCC. The topological polar surface area (TPSA) is 26.3 Å². The predicted molar refractivity (Wildman–Crippen MR) is 66.2 cm³/mol. The molecule has 1 rings (SSSR count). The van der Waals surface area contributed by atoms with Crippen LogP contribution in [0.25, 0.3) is 0 Å². The monoisotopic (exact) mass is 224 g/mol. The molecular weight excluding hydrogens is 200 g/mol. The number of carbonyl (C=O) groups excluding carboxylic acids is 1. The van der Waals surface area contributed by atoms with Crippen LogP contribution in [0.1, 0.15) is 65.2 Å². The highest BCUT2D eigenvalue weighted by Crippen LogP contribution is 2.27. The zero-order valence-electron chi connectivity index (χ0n) is 10.6. The van der Waals surface area contributed by atoms with E-state index in [-0.39, 0.29) is 12.1 Å². The quantitative estimate of drug-likeness (QED) is 0.354. The normalized spacial score (nSPS) is 22.0. The minimum Gasteiger partial charge on any atom is -0.454 e. The van der Waals surface area contributed by atoms with Gasteiger partial charge in [0.25, 0.3) is 0 Å². The van der Waals surface area contributed by atoms with Gasteiger partial charge < -0.3 is 4.74 Å². The lowest BCUT2D eigenvalue weighted by atomic mass is 9.97. The van der Waals surface area contributed by atoms with Gasteiger partial charge in [-0.15, -0.1) is 0 Å². The van der Waals surface area contributed by atoms with Crippen molar-refractivity contribution < 1.29 is 9.53 Å². The van der Waals surface area contributed by atoms with E-state index >= 15 is 0 Å². The van der Waals surface area contributed by atoms with Crippen molar-refractivity contribution in [3.63, 3.8) is 0 Å². The highest BCUT2D eigenvalue weighted by atomic mass is 16.6. The zero-order valence-corrected chi connectivity index (χ0v) is 10.6. The summed E-state index contributed by atoms with van der Waals surface area (Å²) in [6.45, 7) is 4.38. The van der Waals surface area contributed by atoms with E-state index in [0.717, 1.165) is 18.4 Å². The predicted octanol–water partition coefficient (Wildman–Crippen LogP) is 4.00. The van der Waals surface area contributed by atoms with Crippen molar-refractivity contribution in [3.8, 4) is 0 Å². The van der Waals surface area contributed by atoms with Crippen molar-refractivity contribution in [1.82, 2.24) is 0 Å². The van der Waals surface area contributed by atoms with Crippen LogP contribution >= 0.6 is 0 Å². The molecule has 0 saturated carbocycles. The Morgan fingerprint density at radius 1 is 1.12 bits per heavy atom. The molecule has 0 bridgehead atoms. The fraction of sp³-hybridized carbons (Fsp3) is 0.786. The number of esters is 1. The first kappa shape index (κ1) is 13.3. The average Bonchev–Trinajstić information content (AvgIpc) is 2.28. The van der Waals surface area contributed by atoms with Crippen LogP contribution in [0.2, 0.25) is 0 Å². The van der Waals surface area contributed by atoms with Gasteiger partial charge in [-0.25, -0.2) is 4.79 Å². The summed E-state index contributed by atoms with van der Waals surface area (Å²) < 4.78 is 5.15. The molecule has 0 aromatic rings. The number of ether oxygens (including phenoxy) is 1. The number of rotatable bonds is 8. The third kappa shape index (κ3) is 3.99. The van der Waals surface area contributed by atoms with Crippen molar-refractivity contribution in [3.05, 3.63) is 11.6 Å². The van der Waals surface area contributed by atoms with Gasteiger partial charge in [-0.05, 0) is 25.7 Å². The second kappa shape index (κ2) is 7.48. The number of cyclic esters (lactones) is 1. The summed E-state index contributed by atoms with van der Waals surface area (Å²) in [7, 11) is 0. The maximum atomic E-state index is 11.2. The summed E-state index contributed by atoms with van der Waals surface area (Å²) in [6, 6.07) is 0. The molecule has 0 aliphatic carbocycles. The maximum Gasteiger partial charge on any atom is 0.338 e. The number of hydrogen-bond donors (Lipinski definition) is 0. The molecule has 0 aromatic carbocycles. The largest absolute Gasteiger partial charge is 0.454 e. The van der Waals surface area contributed by atoms with Crippen LogP contribution in [-0.4, -0.2) is 12.1 Å². The molecule has 1 aliphatic heterocycles. The third-order valence-corrected chi connectivity index (χ3v) is 3.07. The second-order valence-corrected chi connectivity index (χ2v) is 4.54. The van der Waals surface area contributed by atoms with Crippen LogP contribution in [-0.2, 0) is 9.53 Å². The van der Waals surface area contributed by atoms with E-state index in [2.05, 4.69) is 19.9 Å². The Kier molecular flexibility index (Phi) is 6.20. The van der Waals surface area contributed by atoms with Crippen LogP contribution in [0.15, 0.2) is 11.6 Å². The van der Waals surface area contributed by atoms with Crippen molar-refractivity contribution in [2.75, 3.05) is 0 Å². The Labute approximate surface area is 99.1 Å². The molecule has 1 fully saturated rings. The molecule has 2 heteroatoms. The van der Waals surface area contributed by atoms with Crippen LogP contribution in [0.5, 0.6) is 0 Å². The maximum absolute atomic E-state index is 11.2. The fourth-order valence-corrected chi connectivity index (χ4v) is 1.99. The molecule has 1 saturated heterocycles. The van der Waals surface area contributed by atoms with Gasteiger partial charge in [0.2, 0.25) is 0 Å². The summed E-state index contributed by atoms with van der Waals surface area (Å²) in [4.78, 5) is 11.2. The lowest BCUT2D eigenvalue weighted by Crippen LogP contribution is -2.36.